The zero-order valence-electron chi connectivity index (χ0n) is 18.6. The van der Waals surface area contributed by atoms with E-state index in [2.05, 4.69) is 21.0 Å². The fraction of sp³-hybridized carbons (Fsp3) is 0.192. The molecule has 1 aromatic heterocycles. The van der Waals surface area contributed by atoms with Crippen molar-refractivity contribution in [1.29, 1.82) is 0 Å². The molecule has 34 heavy (non-hydrogen) atoms. The minimum absolute atomic E-state index is 0.0199. The molecule has 0 unspecified atom stereocenters. The molecule has 0 saturated heterocycles. The molecule has 8 heteroatoms. The van der Waals surface area contributed by atoms with Crippen molar-refractivity contribution >= 4 is 44.6 Å². The van der Waals surface area contributed by atoms with E-state index >= 15 is 0 Å². The SMILES string of the molecule is CC[C@H](C)c1nc2ccc(Br)cc2c(=O)n1N=Cc1cc(Cl)ccc1OCc1ccc(F)cc1. The summed E-state index contributed by atoms with van der Waals surface area (Å²) in [6, 6.07) is 16.7. The van der Waals surface area contributed by atoms with Crippen molar-refractivity contribution < 1.29 is 9.13 Å². The van der Waals surface area contributed by atoms with Gasteiger partial charge in [-0.1, -0.05) is 53.5 Å². The summed E-state index contributed by atoms with van der Waals surface area (Å²) >= 11 is 9.64. The lowest BCUT2D eigenvalue weighted by Crippen LogP contribution is -2.23. The number of nitrogens with zero attached hydrogens (tertiary/aromatic N) is 3. The molecule has 0 spiro atoms. The Morgan fingerprint density at radius 1 is 1.18 bits per heavy atom. The van der Waals surface area contributed by atoms with Crippen LogP contribution in [0.25, 0.3) is 10.9 Å². The van der Waals surface area contributed by atoms with Crippen LogP contribution in [0.5, 0.6) is 5.75 Å². The maximum absolute atomic E-state index is 13.3. The molecule has 0 aliphatic carbocycles. The van der Waals surface area contributed by atoms with Crippen LogP contribution < -0.4 is 10.3 Å². The second-order valence-corrected chi connectivity index (χ2v) is 9.25. The molecule has 0 N–H and O–H groups in total. The average molecular weight is 543 g/mol. The standard InChI is InChI=1S/C26H22BrClFN3O2/c1-3-16(2)25-31-23-10-6-19(27)13-22(23)26(33)32(25)30-14-18-12-20(28)7-11-24(18)34-15-17-4-8-21(29)9-5-17/h4-14,16H,3,15H2,1-2H3/t16-/m0/s1. The van der Waals surface area contributed by atoms with Crippen LogP contribution in [-0.4, -0.2) is 15.9 Å². The number of hydrogen-bond acceptors (Lipinski definition) is 4. The average Bonchev–Trinajstić information content (AvgIpc) is 2.83. The number of rotatable bonds is 7. The molecule has 3 aromatic carbocycles. The van der Waals surface area contributed by atoms with E-state index in [1.807, 2.05) is 26.0 Å². The maximum Gasteiger partial charge on any atom is 0.282 e. The summed E-state index contributed by atoms with van der Waals surface area (Å²) in [6.45, 7) is 4.29. The molecule has 4 aromatic rings. The van der Waals surface area contributed by atoms with E-state index in [0.717, 1.165) is 16.5 Å². The first kappa shape index (κ1) is 24.1. The van der Waals surface area contributed by atoms with Crippen molar-refractivity contribution in [2.45, 2.75) is 32.8 Å². The molecule has 1 heterocycles. The zero-order valence-corrected chi connectivity index (χ0v) is 21.0. The number of fused-ring (bicyclic) bond motifs is 1. The number of hydrogen-bond donors (Lipinski definition) is 0. The fourth-order valence-electron chi connectivity index (χ4n) is 3.39. The van der Waals surface area contributed by atoms with Crippen LogP contribution in [0.1, 0.15) is 43.1 Å². The van der Waals surface area contributed by atoms with Gasteiger partial charge in [0, 0.05) is 21.0 Å². The van der Waals surface area contributed by atoms with Crippen LogP contribution in [0.2, 0.25) is 5.02 Å². The number of aromatic nitrogens is 2. The molecular weight excluding hydrogens is 521 g/mol. The van der Waals surface area contributed by atoms with Crippen molar-refractivity contribution in [2.24, 2.45) is 5.10 Å². The van der Waals surface area contributed by atoms with Crippen LogP contribution in [0.3, 0.4) is 0 Å². The molecule has 0 fully saturated rings. The van der Waals surface area contributed by atoms with Gasteiger partial charge < -0.3 is 4.74 Å². The highest BCUT2D eigenvalue weighted by atomic mass is 79.9. The molecule has 0 amide bonds. The van der Waals surface area contributed by atoms with Crippen LogP contribution in [0.4, 0.5) is 4.39 Å². The molecule has 174 valence electrons. The first-order valence-electron chi connectivity index (χ1n) is 10.8. The Labute approximate surface area is 210 Å². The predicted molar refractivity (Wildman–Crippen MR) is 138 cm³/mol. The molecule has 0 radical (unpaired) electrons. The predicted octanol–water partition coefficient (Wildman–Crippen LogP) is 6.93. The number of benzene rings is 3. The summed E-state index contributed by atoms with van der Waals surface area (Å²) in [5, 5.41) is 5.48. The minimum Gasteiger partial charge on any atom is -0.488 e. The Kier molecular flexibility index (Phi) is 7.44. The van der Waals surface area contributed by atoms with Crippen molar-refractivity contribution in [3.05, 3.63) is 103 Å². The van der Waals surface area contributed by atoms with Crippen LogP contribution in [0, 0.1) is 5.82 Å². The van der Waals surface area contributed by atoms with E-state index in [1.165, 1.54) is 16.8 Å². The van der Waals surface area contributed by atoms with Gasteiger partial charge in [0.05, 0.1) is 17.1 Å². The van der Waals surface area contributed by atoms with Gasteiger partial charge in [-0.2, -0.15) is 9.78 Å². The summed E-state index contributed by atoms with van der Waals surface area (Å²) in [4.78, 5) is 18.1. The minimum atomic E-state index is -0.304. The van der Waals surface area contributed by atoms with E-state index in [9.17, 15) is 9.18 Å². The highest BCUT2D eigenvalue weighted by Crippen LogP contribution is 2.24. The van der Waals surface area contributed by atoms with E-state index < -0.39 is 0 Å². The Bertz CT molecular complexity index is 1420. The Balaban J connectivity index is 1.73. The second-order valence-electron chi connectivity index (χ2n) is 7.90. The molecular formula is C26H22BrClFN3O2. The normalized spacial score (nSPS) is 12.4. The number of halogens is 3. The van der Waals surface area contributed by atoms with E-state index in [1.54, 1.807) is 42.6 Å². The summed E-state index contributed by atoms with van der Waals surface area (Å²) in [6.07, 6.45) is 2.35. The van der Waals surface area contributed by atoms with Gasteiger partial charge in [0.15, 0.2) is 0 Å². The largest absolute Gasteiger partial charge is 0.488 e. The van der Waals surface area contributed by atoms with Gasteiger partial charge in [-0.3, -0.25) is 4.79 Å². The zero-order chi connectivity index (χ0) is 24.2. The third-order valence-corrected chi connectivity index (χ3v) is 6.21. The van der Waals surface area contributed by atoms with Crippen LogP contribution in [-0.2, 0) is 6.61 Å². The van der Waals surface area contributed by atoms with E-state index in [-0.39, 0.29) is 23.9 Å². The monoisotopic (exact) mass is 541 g/mol. The van der Waals surface area contributed by atoms with Crippen LogP contribution in [0.15, 0.2) is 75.0 Å². The van der Waals surface area contributed by atoms with Gasteiger partial charge in [-0.15, -0.1) is 0 Å². The van der Waals surface area contributed by atoms with E-state index in [0.29, 0.717) is 33.1 Å². The third-order valence-electron chi connectivity index (χ3n) is 5.48. The van der Waals surface area contributed by atoms with Crippen molar-refractivity contribution in [3.63, 3.8) is 0 Å². The lowest BCUT2D eigenvalue weighted by atomic mass is 10.1. The lowest BCUT2D eigenvalue weighted by molar-refractivity contribution is 0.305. The lowest BCUT2D eigenvalue weighted by Gasteiger charge is -2.14. The Morgan fingerprint density at radius 3 is 2.68 bits per heavy atom. The van der Waals surface area contributed by atoms with Gasteiger partial charge in [0.1, 0.15) is 24.0 Å². The molecule has 0 aliphatic heterocycles. The first-order chi connectivity index (χ1) is 16.4. The highest BCUT2D eigenvalue weighted by molar-refractivity contribution is 9.10. The maximum atomic E-state index is 13.3. The quantitative estimate of drug-likeness (QED) is 0.238. The van der Waals surface area contributed by atoms with Gasteiger partial charge in [-0.25, -0.2) is 9.37 Å². The van der Waals surface area contributed by atoms with Gasteiger partial charge in [0.2, 0.25) is 0 Å². The number of ether oxygens (including phenoxy) is 1. The first-order valence-corrected chi connectivity index (χ1v) is 12.0. The van der Waals surface area contributed by atoms with Gasteiger partial charge in [0.25, 0.3) is 5.56 Å². The third kappa shape index (κ3) is 5.37. The fourth-order valence-corrected chi connectivity index (χ4v) is 3.93. The highest BCUT2D eigenvalue weighted by Gasteiger charge is 2.16. The second kappa shape index (κ2) is 10.5. The molecule has 5 nitrogen and oxygen atoms in total. The van der Waals surface area contributed by atoms with Gasteiger partial charge in [-0.05, 0) is 60.5 Å². The van der Waals surface area contributed by atoms with Crippen molar-refractivity contribution in [3.8, 4) is 5.75 Å². The molecule has 1 atom stereocenters. The molecule has 4 rings (SSSR count). The van der Waals surface area contributed by atoms with Gasteiger partial charge >= 0.3 is 0 Å². The molecule has 0 aliphatic rings. The van der Waals surface area contributed by atoms with Crippen LogP contribution >= 0.6 is 27.5 Å². The molecule has 0 saturated carbocycles. The Morgan fingerprint density at radius 2 is 1.94 bits per heavy atom. The van der Waals surface area contributed by atoms with Crippen molar-refractivity contribution in [1.82, 2.24) is 9.66 Å². The summed E-state index contributed by atoms with van der Waals surface area (Å²) < 4.78 is 21.2. The van der Waals surface area contributed by atoms with Crippen molar-refractivity contribution in [2.75, 3.05) is 0 Å². The summed E-state index contributed by atoms with van der Waals surface area (Å²) in [5.74, 6) is 0.828. The topological polar surface area (TPSA) is 56.5 Å². The summed E-state index contributed by atoms with van der Waals surface area (Å²) in [5.41, 5.74) is 1.79. The summed E-state index contributed by atoms with van der Waals surface area (Å²) in [7, 11) is 0. The van der Waals surface area contributed by atoms with E-state index in [4.69, 9.17) is 21.3 Å². The molecule has 0 bridgehead atoms. The smallest absolute Gasteiger partial charge is 0.282 e. The Hall–Kier alpha value is -3.03.